The molecule has 0 aliphatic heterocycles. The highest BCUT2D eigenvalue weighted by atomic mass is 16.5. The number of aliphatic carboxylic acids is 1. The molecule has 0 saturated heterocycles. The largest absolute Gasteiger partial charge is 0.507 e. The zero-order valence-electron chi connectivity index (χ0n) is 13.3. The van der Waals surface area contributed by atoms with Gasteiger partial charge in [0.1, 0.15) is 11.5 Å². The van der Waals surface area contributed by atoms with Gasteiger partial charge in [-0.2, -0.15) is 0 Å². The fraction of sp³-hybridized carbons (Fsp3) is 0.100. The summed E-state index contributed by atoms with van der Waals surface area (Å²) in [7, 11) is 0. The third kappa shape index (κ3) is 3.45. The molecule has 5 nitrogen and oxygen atoms in total. The topological polar surface area (TPSA) is 83.8 Å². The number of carbonyl (C=O) groups excluding carboxylic acids is 1. The molecule has 0 atom stereocenters. The van der Waals surface area contributed by atoms with Crippen molar-refractivity contribution in [3.05, 3.63) is 71.3 Å². The molecule has 3 aromatic rings. The summed E-state index contributed by atoms with van der Waals surface area (Å²) in [5, 5.41) is 21.3. The molecule has 5 heteroatoms. The molecule has 126 valence electrons. The maximum absolute atomic E-state index is 11.1. The molecular formula is C20H16O5. The van der Waals surface area contributed by atoms with Gasteiger partial charge in [-0.05, 0) is 28.5 Å². The van der Waals surface area contributed by atoms with Crippen LogP contribution >= 0.6 is 0 Å². The van der Waals surface area contributed by atoms with Crippen molar-refractivity contribution in [2.45, 2.75) is 6.42 Å². The van der Waals surface area contributed by atoms with E-state index in [1.807, 2.05) is 42.5 Å². The lowest BCUT2D eigenvalue weighted by molar-refractivity contribution is -0.139. The van der Waals surface area contributed by atoms with E-state index in [0.29, 0.717) is 18.3 Å². The number of hydrogen-bond donors (Lipinski definition) is 2. The lowest BCUT2D eigenvalue weighted by Gasteiger charge is -2.14. The van der Waals surface area contributed by atoms with Crippen molar-refractivity contribution in [3.8, 4) is 11.5 Å². The number of aldehydes is 1. The average molecular weight is 336 g/mol. The number of hydrogen-bond acceptors (Lipinski definition) is 4. The number of phenols is 1. The number of fused-ring (bicyclic) bond motifs is 1. The van der Waals surface area contributed by atoms with Gasteiger partial charge >= 0.3 is 5.97 Å². The SMILES string of the molecule is O=Cc1ccc(OCC(=O)O)c(Cc2cccc3ccccc23)c1O. The van der Waals surface area contributed by atoms with E-state index in [1.165, 1.54) is 12.1 Å². The standard InChI is InChI=1S/C20H16O5/c21-11-15-8-9-18(25-12-19(22)23)17(20(15)24)10-14-6-3-5-13-4-1-2-7-16(13)14/h1-9,11,24H,10,12H2,(H,22,23). The van der Waals surface area contributed by atoms with Gasteiger partial charge in [0.15, 0.2) is 12.9 Å². The Hall–Kier alpha value is -3.34. The van der Waals surface area contributed by atoms with Crippen LogP contribution in [0.3, 0.4) is 0 Å². The summed E-state index contributed by atoms with van der Waals surface area (Å²) in [6, 6.07) is 16.6. The van der Waals surface area contributed by atoms with E-state index >= 15 is 0 Å². The van der Waals surface area contributed by atoms with Crippen molar-refractivity contribution >= 4 is 23.0 Å². The molecule has 0 unspecified atom stereocenters. The quantitative estimate of drug-likeness (QED) is 0.674. The Morgan fingerprint density at radius 3 is 2.56 bits per heavy atom. The van der Waals surface area contributed by atoms with Crippen molar-refractivity contribution in [1.29, 1.82) is 0 Å². The maximum atomic E-state index is 11.1. The average Bonchev–Trinajstić information content (AvgIpc) is 2.62. The zero-order chi connectivity index (χ0) is 17.8. The number of carboxylic acid groups (broad SMARTS) is 1. The maximum Gasteiger partial charge on any atom is 0.341 e. The first-order valence-electron chi connectivity index (χ1n) is 7.71. The van der Waals surface area contributed by atoms with Crippen LogP contribution in [0.1, 0.15) is 21.5 Å². The van der Waals surface area contributed by atoms with E-state index in [0.717, 1.165) is 16.3 Å². The number of ether oxygens (including phenoxy) is 1. The lowest BCUT2D eigenvalue weighted by atomic mass is 9.96. The van der Waals surface area contributed by atoms with Gasteiger partial charge in [0.2, 0.25) is 0 Å². The Bertz CT molecular complexity index is 941. The third-order valence-corrected chi connectivity index (χ3v) is 4.00. The Kier molecular flexibility index (Phi) is 4.66. The van der Waals surface area contributed by atoms with Gasteiger partial charge in [-0.3, -0.25) is 4.79 Å². The van der Waals surface area contributed by atoms with Crippen LogP contribution in [0.5, 0.6) is 11.5 Å². The third-order valence-electron chi connectivity index (χ3n) is 4.00. The molecule has 0 amide bonds. The van der Waals surface area contributed by atoms with Gasteiger partial charge < -0.3 is 14.9 Å². The van der Waals surface area contributed by atoms with Gasteiger partial charge in [-0.15, -0.1) is 0 Å². The fourth-order valence-corrected chi connectivity index (χ4v) is 2.81. The van der Waals surface area contributed by atoms with Gasteiger partial charge in [-0.25, -0.2) is 4.79 Å². The summed E-state index contributed by atoms with van der Waals surface area (Å²) in [6.45, 7) is -0.525. The minimum Gasteiger partial charge on any atom is -0.507 e. The van der Waals surface area contributed by atoms with Crippen molar-refractivity contribution in [2.75, 3.05) is 6.61 Å². The molecule has 0 heterocycles. The smallest absolute Gasteiger partial charge is 0.341 e. The first-order valence-corrected chi connectivity index (χ1v) is 7.71. The van der Waals surface area contributed by atoms with E-state index < -0.39 is 12.6 Å². The second kappa shape index (κ2) is 7.05. The van der Waals surface area contributed by atoms with E-state index in [2.05, 4.69) is 0 Å². The van der Waals surface area contributed by atoms with Crippen LogP contribution in [0, 0.1) is 0 Å². The summed E-state index contributed by atoms with van der Waals surface area (Å²) < 4.78 is 5.29. The number of carboxylic acids is 1. The second-order valence-corrected chi connectivity index (χ2v) is 5.60. The molecule has 0 radical (unpaired) electrons. The Morgan fingerprint density at radius 2 is 1.80 bits per heavy atom. The van der Waals surface area contributed by atoms with Crippen LogP contribution in [0.4, 0.5) is 0 Å². The first-order chi connectivity index (χ1) is 12.1. The Balaban J connectivity index is 2.07. The van der Waals surface area contributed by atoms with Crippen LogP contribution in [0.25, 0.3) is 10.8 Å². The Labute approximate surface area is 144 Å². The highest BCUT2D eigenvalue weighted by Crippen LogP contribution is 2.34. The van der Waals surface area contributed by atoms with Crippen molar-refractivity contribution in [1.82, 2.24) is 0 Å². The van der Waals surface area contributed by atoms with Crippen LogP contribution in [0.2, 0.25) is 0 Å². The van der Waals surface area contributed by atoms with Gasteiger partial charge in [-0.1, -0.05) is 42.5 Å². The summed E-state index contributed by atoms with van der Waals surface area (Å²) in [5.41, 5.74) is 1.47. The van der Waals surface area contributed by atoms with Crippen molar-refractivity contribution in [3.63, 3.8) is 0 Å². The fourth-order valence-electron chi connectivity index (χ4n) is 2.81. The molecule has 0 aliphatic rings. The molecule has 25 heavy (non-hydrogen) atoms. The number of benzene rings is 3. The predicted molar refractivity (Wildman–Crippen MR) is 93.4 cm³/mol. The highest BCUT2D eigenvalue weighted by molar-refractivity contribution is 5.86. The van der Waals surface area contributed by atoms with E-state index in [1.54, 1.807) is 0 Å². The van der Waals surface area contributed by atoms with E-state index in [9.17, 15) is 14.7 Å². The molecule has 0 aromatic heterocycles. The van der Waals surface area contributed by atoms with E-state index in [-0.39, 0.29) is 17.1 Å². The molecule has 2 N–H and O–H groups in total. The Morgan fingerprint density at radius 1 is 1.04 bits per heavy atom. The van der Waals surface area contributed by atoms with Gasteiger partial charge in [0.25, 0.3) is 0 Å². The summed E-state index contributed by atoms with van der Waals surface area (Å²) in [4.78, 5) is 21.9. The number of aromatic hydroxyl groups is 1. The predicted octanol–water partition coefficient (Wildman–Crippen LogP) is 3.41. The minimum absolute atomic E-state index is 0.137. The molecule has 0 aliphatic carbocycles. The van der Waals surface area contributed by atoms with Crippen LogP contribution in [-0.2, 0) is 11.2 Å². The normalized spacial score (nSPS) is 10.6. The number of phenolic OH excluding ortho intramolecular Hbond substituents is 1. The number of rotatable bonds is 6. The molecule has 0 saturated carbocycles. The molecule has 3 rings (SSSR count). The summed E-state index contributed by atoms with van der Waals surface area (Å²) in [5.74, 6) is -1.06. The zero-order valence-corrected chi connectivity index (χ0v) is 13.3. The first kappa shape index (κ1) is 16.5. The molecule has 0 bridgehead atoms. The molecule has 0 fully saturated rings. The molecular weight excluding hydrogens is 320 g/mol. The van der Waals surface area contributed by atoms with Gasteiger partial charge in [0.05, 0.1) is 5.56 Å². The number of carbonyl (C=O) groups is 2. The highest BCUT2D eigenvalue weighted by Gasteiger charge is 2.16. The summed E-state index contributed by atoms with van der Waals surface area (Å²) in [6.07, 6.45) is 0.868. The summed E-state index contributed by atoms with van der Waals surface area (Å²) >= 11 is 0. The van der Waals surface area contributed by atoms with Crippen LogP contribution in [-0.4, -0.2) is 29.1 Å². The van der Waals surface area contributed by atoms with Crippen LogP contribution < -0.4 is 4.74 Å². The minimum atomic E-state index is -1.12. The van der Waals surface area contributed by atoms with E-state index in [4.69, 9.17) is 9.84 Å². The van der Waals surface area contributed by atoms with Gasteiger partial charge in [0, 0.05) is 12.0 Å². The molecule has 3 aromatic carbocycles. The second-order valence-electron chi connectivity index (χ2n) is 5.60. The lowest BCUT2D eigenvalue weighted by Crippen LogP contribution is -2.11. The monoisotopic (exact) mass is 336 g/mol. The molecule has 0 spiro atoms. The van der Waals surface area contributed by atoms with Crippen molar-refractivity contribution < 1.29 is 24.5 Å². The van der Waals surface area contributed by atoms with Crippen LogP contribution in [0.15, 0.2) is 54.6 Å². The van der Waals surface area contributed by atoms with Crippen molar-refractivity contribution in [2.24, 2.45) is 0 Å².